The van der Waals surface area contributed by atoms with Crippen molar-refractivity contribution in [3.05, 3.63) is 54.5 Å². The number of carbonyl (C=O) groups excluding carboxylic acids is 1. The number of aromatic nitrogens is 3. The van der Waals surface area contributed by atoms with Crippen LogP contribution < -0.4 is 10.2 Å². The fourth-order valence-electron chi connectivity index (χ4n) is 3.67. The van der Waals surface area contributed by atoms with Gasteiger partial charge < -0.3 is 10.2 Å². The molecule has 3 heterocycles. The summed E-state index contributed by atoms with van der Waals surface area (Å²) in [5.41, 5.74) is 1.89. The molecule has 1 fully saturated rings. The highest BCUT2D eigenvalue weighted by Crippen LogP contribution is 2.24. The highest BCUT2D eigenvalue weighted by atomic mass is 16.1. The molecule has 1 N–H and O–H groups in total. The van der Waals surface area contributed by atoms with Crippen molar-refractivity contribution in [3.63, 3.8) is 0 Å². The maximum atomic E-state index is 12.6. The molecule has 1 atom stereocenters. The van der Waals surface area contributed by atoms with Gasteiger partial charge in [0.2, 0.25) is 5.95 Å². The average Bonchev–Trinajstić information content (AvgIpc) is 2.74. The number of hydrogen-bond acceptors (Lipinski definition) is 5. The average molecular weight is 361 g/mol. The van der Waals surface area contributed by atoms with Crippen molar-refractivity contribution >= 4 is 28.4 Å². The minimum absolute atomic E-state index is 0.231. The molecule has 4 rings (SSSR count). The molecule has 3 aromatic rings. The molecule has 1 aliphatic rings. The number of pyridine rings is 1. The van der Waals surface area contributed by atoms with Crippen molar-refractivity contribution in [1.82, 2.24) is 15.0 Å². The van der Waals surface area contributed by atoms with E-state index in [1.165, 1.54) is 12.8 Å². The minimum atomic E-state index is -0.231. The summed E-state index contributed by atoms with van der Waals surface area (Å²) in [6.07, 6.45) is 9.62. The molecule has 0 spiro atoms. The van der Waals surface area contributed by atoms with Crippen molar-refractivity contribution < 1.29 is 4.79 Å². The second kappa shape index (κ2) is 7.70. The summed E-state index contributed by atoms with van der Waals surface area (Å²) in [4.78, 5) is 28.2. The van der Waals surface area contributed by atoms with E-state index in [0.29, 0.717) is 23.2 Å². The summed E-state index contributed by atoms with van der Waals surface area (Å²) < 4.78 is 0. The second-order valence-electron chi connectivity index (χ2n) is 6.86. The van der Waals surface area contributed by atoms with Crippen LogP contribution >= 0.6 is 0 Å². The van der Waals surface area contributed by atoms with Crippen molar-refractivity contribution in [1.29, 1.82) is 0 Å². The van der Waals surface area contributed by atoms with Crippen LogP contribution in [-0.4, -0.2) is 33.4 Å². The number of amides is 1. The number of rotatable bonds is 4. The minimum Gasteiger partial charge on any atom is -0.338 e. The third kappa shape index (κ3) is 3.60. The Balaban J connectivity index is 1.52. The number of para-hydroxylation sites is 1. The fraction of sp³-hybridized carbons (Fsp3) is 0.333. The van der Waals surface area contributed by atoms with Gasteiger partial charge in [-0.3, -0.25) is 9.78 Å². The van der Waals surface area contributed by atoms with Gasteiger partial charge in [0.05, 0.1) is 16.8 Å². The number of piperidine rings is 1. The molecular weight excluding hydrogens is 338 g/mol. The Hall–Kier alpha value is -3.02. The number of carbonyl (C=O) groups is 1. The first kappa shape index (κ1) is 17.4. The van der Waals surface area contributed by atoms with Crippen LogP contribution in [0, 0.1) is 0 Å². The lowest BCUT2D eigenvalue weighted by atomic mass is 10.0. The number of nitrogens with one attached hydrogen (secondary N) is 1. The predicted octanol–water partition coefficient (Wildman–Crippen LogP) is 4.05. The summed E-state index contributed by atoms with van der Waals surface area (Å²) in [5.74, 6) is 0.482. The summed E-state index contributed by atoms with van der Waals surface area (Å²) in [5, 5.41) is 3.91. The number of fused-ring (bicyclic) bond motifs is 1. The lowest BCUT2D eigenvalue weighted by molar-refractivity contribution is 0.102. The number of nitrogens with zero attached hydrogens (tertiary/aromatic N) is 4. The maximum absolute atomic E-state index is 12.6. The molecule has 0 bridgehead atoms. The Kier molecular flexibility index (Phi) is 4.96. The van der Waals surface area contributed by atoms with Gasteiger partial charge in [-0.15, -0.1) is 0 Å². The molecule has 1 aromatic carbocycles. The molecule has 0 radical (unpaired) electrons. The topological polar surface area (TPSA) is 71.0 Å². The Morgan fingerprint density at radius 2 is 1.96 bits per heavy atom. The van der Waals surface area contributed by atoms with E-state index in [1.54, 1.807) is 18.6 Å². The first-order valence-electron chi connectivity index (χ1n) is 9.50. The normalized spacial score (nSPS) is 17.1. The highest BCUT2D eigenvalue weighted by molar-refractivity contribution is 6.08. The molecule has 0 aliphatic carbocycles. The van der Waals surface area contributed by atoms with E-state index in [-0.39, 0.29) is 5.91 Å². The van der Waals surface area contributed by atoms with Crippen LogP contribution in [0.5, 0.6) is 0 Å². The first-order chi connectivity index (χ1) is 13.3. The first-order valence-corrected chi connectivity index (χ1v) is 9.50. The quantitative estimate of drug-likeness (QED) is 0.759. The van der Waals surface area contributed by atoms with Gasteiger partial charge in [0.25, 0.3) is 5.91 Å². The van der Waals surface area contributed by atoms with Crippen LogP contribution in [0.15, 0.2) is 48.9 Å². The Bertz CT molecular complexity index is 935. The van der Waals surface area contributed by atoms with Gasteiger partial charge >= 0.3 is 0 Å². The van der Waals surface area contributed by atoms with Crippen molar-refractivity contribution in [3.8, 4) is 0 Å². The standard InChI is InChI=1S/C21H23N5O/c1-2-17-9-3-4-12-26(17)21-23-13-16(14-24-21)20(27)25-18-10-5-7-15-8-6-11-22-19(15)18/h5-8,10-11,13-14,17H,2-4,9,12H2,1H3,(H,25,27). The smallest absolute Gasteiger partial charge is 0.258 e. The SMILES string of the molecule is CCC1CCCCN1c1ncc(C(=O)Nc2cccc3cccnc23)cn1. The molecular formula is C21H23N5O. The van der Waals surface area contributed by atoms with Gasteiger partial charge in [0, 0.05) is 36.6 Å². The molecule has 1 unspecified atom stereocenters. The van der Waals surface area contributed by atoms with Gasteiger partial charge in [-0.25, -0.2) is 9.97 Å². The third-order valence-corrected chi connectivity index (χ3v) is 5.14. The van der Waals surface area contributed by atoms with E-state index < -0.39 is 0 Å². The van der Waals surface area contributed by atoms with Gasteiger partial charge in [0.1, 0.15) is 0 Å². The van der Waals surface area contributed by atoms with E-state index in [2.05, 4.69) is 32.1 Å². The predicted molar refractivity (Wildman–Crippen MR) is 107 cm³/mol. The summed E-state index contributed by atoms with van der Waals surface area (Å²) >= 11 is 0. The van der Waals surface area contributed by atoms with E-state index >= 15 is 0 Å². The third-order valence-electron chi connectivity index (χ3n) is 5.14. The Morgan fingerprint density at radius 3 is 2.78 bits per heavy atom. The van der Waals surface area contributed by atoms with Gasteiger partial charge in [-0.1, -0.05) is 25.1 Å². The summed E-state index contributed by atoms with van der Waals surface area (Å²) in [6.45, 7) is 3.18. The van der Waals surface area contributed by atoms with Crippen LogP contribution in [-0.2, 0) is 0 Å². The second-order valence-corrected chi connectivity index (χ2v) is 6.86. The zero-order chi connectivity index (χ0) is 18.6. The maximum Gasteiger partial charge on any atom is 0.258 e. The fourth-order valence-corrected chi connectivity index (χ4v) is 3.67. The molecule has 1 amide bonds. The van der Waals surface area contributed by atoms with Gasteiger partial charge in [0.15, 0.2) is 0 Å². The molecule has 6 heteroatoms. The highest BCUT2D eigenvalue weighted by Gasteiger charge is 2.23. The lowest BCUT2D eigenvalue weighted by Crippen LogP contribution is -2.40. The van der Waals surface area contributed by atoms with Crippen LogP contribution in [0.2, 0.25) is 0 Å². The van der Waals surface area contributed by atoms with Crippen LogP contribution in [0.3, 0.4) is 0 Å². The van der Waals surface area contributed by atoms with Crippen LogP contribution in [0.4, 0.5) is 11.6 Å². The lowest BCUT2D eigenvalue weighted by Gasteiger charge is -2.35. The van der Waals surface area contributed by atoms with E-state index in [1.807, 2.05) is 30.3 Å². The van der Waals surface area contributed by atoms with Crippen molar-refractivity contribution in [2.45, 2.75) is 38.6 Å². The number of benzene rings is 1. The largest absolute Gasteiger partial charge is 0.338 e. The molecule has 138 valence electrons. The van der Waals surface area contributed by atoms with Crippen LogP contribution in [0.1, 0.15) is 43.0 Å². The molecule has 1 saturated heterocycles. The van der Waals surface area contributed by atoms with E-state index in [4.69, 9.17) is 0 Å². The van der Waals surface area contributed by atoms with E-state index in [0.717, 1.165) is 30.3 Å². The zero-order valence-corrected chi connectivity index (χ0v) is 15.4. The molecule has 0 saturated carbocycles. The van der Waals surface area contributed by atoms with Crippen molar-refractivity contribution in [2.24, 2.45) is 0 Å². The zero-order valence-electron chi connectivity index (χ0n) is 15.4. The summed E-state index contributed by atoms with van der Waals surface area (Å²) in [7, 11) is 0. The molecule has 27 heavy (non-hydrogen) atoms. The number of anilines is 2. The summed E-state index contributed by atoms with van der Waals surface area (Å²) in [6, 6.07) is 10.1. The van der Waals surface area contributed by atoms with Crippen molar-refractivity contribution in [2.75, 3.05) is 16.8 Å². The number of hydrogen-bond donors (Lipinski definition) is 1. The van der Waals surface area contributed by atoms with E-state index in [9.17, 15) is 4.79 Å². The van der Waals surface area contributed by atoms with Gasteiger partial charge in [-0.2, -0.15) is 0 Å². The monoisotopic (exact) mass is 361 g/mol. The molecule has 1 aliphatic heterocycles. The Labute approximate surface area is 158 Å². The Morgan fingerprint density at radius 1 is 1.15 bits per heavy atom. The van der Waals surface area contributed by atoms with Gasteiger partial charge in [-0.05, 0) is 37.8 Å². The molecule has 6 nitrogen and oxygen atoms in total. The van der Waals surface area contributed by atoms with Crippen LogP contribution in [0.25, 0.3) is 10.9 Å². The molecule has 2 aromatic heterocycles.